The van der Waals surface area contributed by atoms with E-state index in [2.05, 4.69) is 5.16 Å². The quantitative estimate of drug-likeness (QED) is 0.600. The van der Waals surface area contributed by atoms with Gasteiger partial charge in [-0.2, -0.15) is 0 Å². The number of carbonyl (C=O) groups excluding carboxylic acids is 1. The van der Waals surface area contributed by atoms with E-state index in [-0.39, 0.29) is 57.6 Å². The molecule has 1 amide bonds. The van der Waals surface area contributed by atoms with Crippen LogP contribution in [0.4, 0.5) is 9.18 Å². The molecule has 164 valence electrons. The van der Waals surface area contributed by atoms with Crippen LogP contribution < -0.4 is 0 Å². The Morgan fingerprint density at radius 3 is 2.35 bits per heavy atom. The first kappa shape index (κ1) is 20.6. The lowest BCUT2D eigenvalue weighted by Crippen LogP contribution is -2.48. The molecule has 31 heavy (non-hydrogen) atoms. The fourth-order valence-corrected chi connectivity index (χ4v) is 5.34. The largest absolute Gasteiger partial charge is 0.465 e. The number of rotatable bonds is 4. The Bertz CT molecular complexity index is 1040. The Morgan fingerprint density at radius 1 is 1.19 bits per heavy atom. The number of hydrogen-bond acceptors (Lipinski definition) is 5. The van der Waals surface area contributed by atoms with Crippen molar-refractivity contribution >= 4 is 35.3 Å². The number of benzene rings is 1. The van der Waals surface area contributed by atoms with Crippen molar-refractivity contribution in [2.75, 3.05) is 0 Å². The third-order valence-electron chi connectivity index (χ3n) is 6.38. The number of carboxylic acid groups (broad SMARTS) is 1. The summed E-state index contributed by atoms with van der Waals surface area (Å²) >= 11 is 12.6. The molecule has 7 nitrogen and oxygen atoms in total. The molecule has 5 rings (SSSR count). The predicted octanol–water partition coefficient (Wildman–Crippen LogP) is 5.44. The van der Waals surface area contributed by atoms with Gasteiger partial charge in [-0.05, 0) is 37.8 Å². The van der Waals surface area contributed by atoms with Gasteiger partial charge in [-0.1, -0.05) is 34.4 Å². The molecule has 3 aliphatic rings. The molecule has 1 aromatic heterocycles. The summed E-state index contributed by atoms with van der Waals surface area (Å²) in [5, 5.41) is 13.8. The maximum Gasteiger partial charge on any atom is 0.407 e. The van der Waals surface area contributed by atoms with Gasteiger partial charge in [-0.25, -0.2) is 14.0 Å². The van der Waals surface area contributed by atoms with Gasteiger partial charge in [-0.15, -0.1) is 0 Å². The number of ether oxygens (including phenoxy) is 1. The van der Waals surface area contributed by atoms with Crippen LogP contribution in [0.15, 0.2) is 22.7 Å². The van der Waals surface area contributed by atoms with Crippen molar-refractivity contribution in [1.29, 1.82) is 0 Å². The molecule has 1 aliphatic carbocycles. The van der Waals surface area contributed by atoms with Crippen LogP contribution in [0.25, 0.3) is 11.3 Å². The van der Waals surface area contributed by atoms with Gasteiger partial charge >= 0.3 is 12.1 Å². The third-order valence-corrected chi connectivity index (χ3v) is 7.01. The van der Waals surface area contributed by atoms with E-state index < -0.39 is 23.8 Å². The number of nitrogens with zero attached hydrogens (tertiary/aromatic N) is 2. The molecule has 2 saturated heterocycles. The minimum atomic E-state index is -1.76. The molecule has 2 bridgehead atoms. The molecule has 3 atom stereocenters. The van der Waals surface area contributed by atoms with Crippen molar-refractivity contribution in [3.05, 3.63) is 39.6 Å². The second-order valence-corrected chi connectivity index (χ2v) is 9.19. The van der Waals surface area contributed by atoms with E-state index in [0.29, 0.717) is 12.8 Å². The fraction of sp³-hybridized carbons (Fsp3) is 0.476. The first-order chi connectivity index (χ1) is 14.8. The molecule has 1 N–H and O–H groups in total. The van der Waals surface area contributed by atoms with Crippen LogP contribution in [0.3, 0.4) is 0 Å². The molecule has 0 radical (unpaired) electrons. The molecule has 3 fully saturated rings. The maximum atomic E-state index is 15.0. The van der Waals surface area contributed by atoms with E-state index in [9.17, 15) is 19.1 Å². The van der Waals surface area contributed by atoms with E-state index in [1.54, 1.807) is 18.2 Å². The highest BCUT2D eigenvalue weighted by Crippen LogP contribution is 2.53. The van der Waals surface area contributed by atoms with E-state index in [4.69, 9.17) is 32.5 Å². The van der Waals surface area contributed by atoms with Crippen molar-refractivity contribution in [3.8, 4) is 11.3 Å². The van der Waals surface area contributed by atoms with E-state index in [0.717, 1.165) is 12.8 Å². The van der Waals surface area contributed by atoms with Crippen LogP contribution in [0.2, 0.25) is 10.0 Å². The van der Waals surface area contributed by atoms with Crippen LogP contribution in [0.5, 0.6) is 0 Å². The van der Waals surface area contributed by atoms with Crippen molar-refractivity contribution in [1.82, 2.24) is 10.1 Å². The standard InChI is InChI=1S/C21H19Cl2FN2O5/c22-13-2-1-3-14(23)15(13)17-16(18(31-25-17)21(24)6-7-21)19(27)30-12-8-10-4-5-11(9-12)26(10)20(28)29/h1-3,10-12H,4-9H2,(H,28,29)/t10-,11+,12?. The van der Waals surface area contributed by atoms with Crippen LogP contribution in [0.1, 0.15) is 54.6 Å². The van der Waals surface area contributed by atoms with Gasteiger partial charge in [0.2, 0.25) is 0 Å². The Labute approximate surface area is 187 Å². The van der Waals surface area contributed by atoms with Gasteiger partial charge in [0.15, 0.2) is 11.4 Å². The second-order valence-electron chi connectivity index (χ2n) is 8.37. The predicted molar refractivity (Wildman–Crippen MR) is 109 cm³/mol. The lowest BCUT2D eigenvalue weighted by atomic mass is 9.99. The smallest absolute Gasteiger partial charge is 0.407 e. The lowest BCUT2D eigenvalue weighted by molar-refractivity contribution is -0.00246. The van der Waals surface area contributed by atoms with Gasteiger partial charge in [0.05, 0.1) is 10.0 Å². The Morgan fingerprint density at radius 2 is 1.81 bits per heavy atom. The summed E-state index contributed by atoms with van der Waals surface area (Å²) in [7, 11) is 0. The number of piperidine rings is 1. The molecule has 1 aromatic carbocycles. The number of amides is 1. The first-order valence-electron chi connectivity index (χ1n) is 10.1. The number of hydrogen-bond donors (Lipinski definition) is 1. The summed E-state index contributed by atoms with van der Waals surface area (Å²) in [5.74, 6) is -0.936. The lowest BCUT2D eigenvalue weighted by Gasteiger charge is -2.36. The van der Waals surface area contributed by atoms with Crippen molar-refractivity contribution in [2.24, 2.45) is 0 Å². The van der Waals surface area contributed by atoms with Crippen LogP contribution in [0, 0.1) is 0 Å². The summed E-state index contributed by atoms with van der Waals surface area (Å²) in [4.78, 5) is 26.2. The summed E-state index contributed by atoms with van der Waals surface area (Å²) < 4.78 is 26.0. The third kappa shape index (κ3) is 3.46. The number of alkyl halides is 1. The molecule has 2 aromatic rings. The van der Waals surface area contributed by atoms with Crippen LogP contribution in [-0.2, 0) is 10.4 Å². The van der Waals surface area contributed by atoms with Gasteiger partial charge in [-0.3, -0.25) is 0 Å². The average molecular weight is 469 g/mol. The summed E-state index contributed by atoms with van der Waals surface area (Å²) in [6.45, 7) is 0. The molecule has 0 spiro atoms. The van der Waals surface area contributed by atoms with E-state index >= 15 is 0 Å². The van der Waals surface area contributed by atoms with Crippen LogP contribution in [-0.4, -0.2) is 45.4 Å². The van der Waals surface area contributed by atoms with Crippen molar-refractivity contribution in [2.45, 2.75) is 62.4 Å². The monoisotopic (exact) mass is 468 g/mol. The normalized spacial score (nSPS) is 26.0. The molecule has 2 aliphatic heterocycles. The fourth-order valence-electron chi connectivity index (χ4n) is 4.76. The Kier molecular flexibility index (Phi) is 4.90. The van der Waals surface area contributed by atoms with Gasteiger partial charge in [0.25, 0.3) is 0 Å². The minimum Gasteiger partial charge on any atom is -0.465 e. The molecule has 10 heteroatoms. The van der Waals surface area contributed by atoms with Crippen molar-refractivity contribution < 1.29 is 28.3 Å². The highest BCUT2D eigenvalue weighted by Gasteiger charge is 2.53. The Balaban J connectivity index is 1.47. The number of carbonyl (C=O) groups is 2. The SMILES string of the molecule is O=C(OC1C[C@H]2CC[C@@H](C1)N2C(=O)O)c1c(-c2c(Cl)cccc2Cl)noc1C1(F)CC1. The minimum absolute atomic E-state index is 0.0467. The van der Waals surface area contributed by atoms with Gasteiger partial charge in [0, 0.05) is 30.5 Å². The van der Waals surface area contributed by atoms with Gasteiger partial charge < -0.3 is 19.3 Å². The van der Waals surface area contributed by atoms with Crippen molar-refractivity contribution in [3.63, 3.8) is 0 Å². The Hall–Kier alpha value is -2.32. The maximum absolute atomic E-state index is 15.0. The number of fused-ring (bicyclic) bond motifs is 2. The zero-order valence-electron chi connectivity index (χ0n) is 16.3. The average Bonchev–Trinajstić information content (AvgIpc) is 3.18. The number of aromatic nitrogens is 1. The molecular weight excluding hydrogens is 450 g/mol. The first-order valence-corrected chi connectivity index (χ1v) is 10.9. The number of halogens is 3. The highest BCUT2D eigenvalue weighted by atomic mass is 35.5. The zero-order chi connectivity index (χ0) is 21.9. The second kappa shape index (κ2) is 7.38. The van der Waals surface area contributed by atoms with E-state index in [1.807, 2.05) is 0 Å². The summed E-state index contributed by atoms with van der Waals surface area (Å²) in [5.41, 5.74) is -1.55. The van der Waals surface area contributed by atoms with Gasteiger partial charge in [0.1, 0.15) is 17.4 Å². The zero-order valence-corrected chi connectivity index (χ0v) is 17.8. The highest BCUT2D eigenvalue weighted by molar-refractivity contribution is 6.39. The number of esters is 1. The molecular formula is C21H19Cl2FN2O5. The molecule has 1 unspecified atom stereocenters. The molecule has 3 heterocycles. The summed E-state index contributed by atoms with van der Waals surface area (Å²) in [6, 6.07) is 4.45. The summed E-state index contributed by atoms with van der Waals surface area (Å²) in [6.07, 6.45) is 1.28. The molecule has 1 saturated carbocycles. The van der Waals surface area contributed by atoms with E-state index in [1.165, 1.54) is 4.90 Å². The van der Waals surface area contributed by atoms with Crippen LogP contribution >= 0.6 is 23.2 Å². The topological polar surface area (TPSA) is 92.9 Å².